The van der Waals surface area contributed by atoms with E-state index >= 15 is 0 Å². The molecule has 7 aromatic carbocycles. The monoisotopic (exact) mass is 567 g/mol. The second-order valence-corrected chi connectivity index (χ2v) is 10.9. The number of para-hydroxylation sites is 2. The molecule has 0 fully saturated rings. The van der Waals surface area contributed by atoms with Gasteiger partial charge in [-0.2, -0.15) is 0 Å². The average molecular weight is 568 g/mol. The van der Waals surface area contributed by atoms with Crippen molar-refractivity contribution < 1.29 is 0 Å². The van der Waals surface area contributed by atoms with Gasteiger partial charge in [0.1, 0.15) is 0 Å². The SMILES string of the molecule is C/C=C\C.Cc1ccc2c(-c3ccccc3)c3cc(N(c4ccccc4)c4ccccc4)ccc3c(-c3ccccc3)c2c1. The minimum absolute atomic E-state index is 1.13. The van der Waals surface area contributed by atoms with Crippen LogP contribution < -0.4 is 4.90 Å². The molecule has 1 nitrogen and oxygen atoms in total. The van der Waals surface area contributed by atoms with E-state index in [1.54, 1.807) is 0 Å². The van der Waals surface area contributed by atoms with Gasteiger partial charge in [0.25, 0.3) is 0 Å². The van der Waals surface area contributed by atoms with E-state index in [9.17, 15) is 0 Å². The Bertz CT molecular complexity index is 1970. The Hall–Kier alpha value is -5.40. The fourth-order valence-corrected chi connectivity index (χ4v) is 5.90. The summed E-state index contributed by atoms with van der Waals surface area (Å²) in [4.78, 5) is 2.34. The summed E-state index contributed by atoms with van der Waals surface area (Å²) in [6.07, 6.45) is 4.00. The van der Waals surface area contributed by atoms with E-state index in [0.29, 0.717) is 0 Å². The highest BCUT2D eigenvalue weighted by Crippen LogP contribution is 2.46. The zero-order chi connectivity index (χ0) is 30.3. The molecule has 214 valence electrons. The van der Waals surface area contributed by atoms with Crippen LogP contribution >= 0.6 is 0 Å². The Morgan fingerprint density at radius 3 is 1.25 bits per heavy atom. The van der Waals surface area contributed by atoms with Crippen molar-refractivity contribution in [3.8, 4) is 22.3 Å². The highest BCUT2D eigenvalue weighted by atomic mass is 15.1. The van der Waals surface area contributed by atoms with Crippen molar-refractivity contribution in [2.45, 2.75) is 20.8 Å². The van der Waals surface area contributed by atoms with Crippen molar-refractivity contribution in [1.29, 1.82) is 0 Å². The number of nitrogens with zero attached hydrogens (tertiary/aromatic N) is 1. The molecule has 0 saturated carbocycles. The van der Waals surface area contributed by atoms with E-state index < -0.39 is 0 Å². The molecule has 0 radical (unpaired) electrons. The first kappa shape index (κ1) is 28.7. The maximum Gasteiger partial charge on any atom is 0.0468 e. The van der Waals surface area contributed by atoms with Gasteiger partial charge in [-0.25, -0.2) is 0 Å². The van der Waals surface area contributed by atoms with Crippen LogP contribution in [0.15, 0.2) is 170 Å². The van der Waals surface area contributed by atoms with Crippen molar-refractivity contribution in [3.05, 3.63) is 175 Å². The summed E-state index contributed by atoms with van der Waals surface area (Å²) in [7, 11) is 0. The molecular formula is C43H37N. The molecule has 7 aromatic rings. The van der Waals surface area contributed by atoms with Gasteiger partial charge in [-0.1, -0.05) is 139 Å². The zero-order valence-electron chi connectivity index (χ0n) is 25.6. The third-order valence-electron chi connectivity index (χ3n) is 8.00. The number of allylic oxidation sites excluding steroid dienone is 2. The molecule has 0 N–H and O–H groups in total. The predicted octanol–water partition coefficient (Wildman–Crippen LogP) is 12.7. The van der Waals surface area contributed by atoms with Crippen molar-refractivity contribution in [2.24, 2.45) is 0 Å². The topological polar surface area (TPSA) is 3.24 Å². The van der Waals surface area contributed by atoms with Gasteiger partial charge in [0, 0.05) is 17.1 Å². The maximum absolute atomic E-state index is 2.38. The van der Waals surface area contributed by atoms with Crippen molar-refractivity contribution >= 4 is 38.6 Å². The quantitative estimate of drug-likeness (QED) is 0.148. The number of rotatable bonds is 5. The number of benzene rings is 7. The summed E-state index contributed by atoms with van der Waals surface area (Å²) in [5.41, 5.74) is 9.68. The van der Waals surface area contributed by atoms with E-state index in [4.69, 9.17) is 0 Å². The van der Waals surface area contributed by atoms with Gasteiger partial charge in [0.2, 0.25) is 0 Å². The molecule has 1 heteroatoms. The Labute approximate surface area is 261 Å². The first-order chi connectivity index (χ1) is 21.7. The van der Waals surface area contributed by atoms with Crippen LogP contribution in [0.3, 0.4) is 0 Å². The number of aryl methyl sites for hydroxylation is 1. The Balaban J connectivity index is 0.000000810. The lowest BCUT2D eigenvalue weighted by Gasteiger charge is -2.27. The van der Waals surface area contributed by atoms with Gasteiger partial charge < -0.3 is 4.90 Å². The number of hydrogen-bond donors (Lipinski definition) is 0. The fourth-order valence-electron chi connectivity index (χ4n) is 5.90. The van der Waals surface area contributed by atoms with Crippen LogP contribution in [0.2, 0.25) is 0 Å². The lowest BCUT2D eigenvalue weighted by molar-refractivity contribution is 1.29. The van der Waals surface area contributed by atoms with E-state index in [-0.39, 0.29) is 0 Å². The van der Waals surface area contributed by atoms with Crippen molar-refractivity contribution in [3.63, 3.8) is 0 Å². The molecule has 0 bridgehead atoms. The van der Waals surface area contributed by atoms with E-state index in [1.165, 1.54) is 49.4 Å². The summed E-state index contributed by atoms with van der Waals surface area (Å²) < 4.78 is 0. The average Bonchev–Trinajstić information content (AvgIpc) is 3.09. The Morgan fingerprint density at radius 2 is 0.795 bits per heavy atom. The normalized spacial score (nSPS) is 11.0. The third-order valence-corrected chi connectivity index (χ3v) is 8.00. The number of anilines is 3. The van der Waals surface area contributed by atoms with Gasteiger partial charge in [0.05, 0.1) is 0 Å². The number of hydrogen-bond acceptors (Lipinski definition) is 1. The summed E-state index contributed by atoms with van der Waals surface area (Å²) >= 11 is 0. The maximum atomic E-state index is 2.38. The Kier molecular flexibility index (Phi) is 8.66. The van der Waals surface area contributed by atoms with Crippen LogP contribution in [0.25, 0.3) is 43.8 Å². The van der Waals surface area contributed by atoms with Gasteiger partial charge >= 0.3 is 0 Å². The molecule has 0 saturated heterocycles. The van der Waals surface area contributed by atoms with E-state index in [0.717, 1.165) is 17.1 Å². The summed E-state index contributed by atoms with van der Waals surface area (Å²) in [5, 5.41) is 5.06. The highest BCUT2D eigenvalue weighted by Gasteiger charge is 2.19. The van der Waals surface area contributed by atoms with Crippen LogP contribution in [0.5, 0.6) is 0 Å². The molecule has 7 rings (SSSR count). The van der Waals surface area contributed by atoms with Crippen LogP contribution in [0.4, 0.5) is 17.1 Å². The summed E-state index contributed by atoms with van der Waals surface area (Å²) in [5.74, 6) is 0. The second-order valence-electron chi connectivity index (χ2n) is 10.9. The van der Waals surface area contributed by atoms with E-state index in [1.807, 2.05) is 26.0 Å². The lowest BCUT2D eigenvalue weighted by Crippen LogP contribution is -2.09. The first-order valence-electron chi connectivity index (χ1n) is 15.3. The fraction of sp³-hybridized carbons (Fsp3) is 0.0698. The van der Waals surface area contributed by atoms with Gasteiger partial charge in [-0.3, -0.25) is 0 Å². The molecule has 0 unspecified atom stereocenters. The molecule has 0 atom stereocenters. The molecule has 0 spiro atoms. The van der Waals surface area contributed by atoms with Gasteiger partial charge in [-0.05, 0) is 101 Å². The zero-order valence-corrected chi connectivity index (χ0v) is 25.6. The predicted molar refractivity (Wildman–Crippen MR) is 192 cm³/mol. The molecule has 0 aliphatic carbocycles. The minimum Gasteiger partial charge on any atom is -0.310 e. The molecular weight excluding hydrogens is 530 g/mol. The molecule has 0 heterocycles. The van der Waals surface area contributed by atoms with Crippen LogP contribution in [0.1, 0.15) is 19.4 Å². The third kappa shape index (κ3) is 5.78. The molecule has 0 aliphatic rings. The van der Waals surface area contributed by atoms with Crippen LogP contribution in [-0.2, 0) is 0 Å². The Morgan fingerprint density at radius 1 is 0.386 bits per heavy atom. The minimum atomic E-state index is 1.13. The molecule has 0 amide bonds. The highest BCUT2D eigenvalue weighted by molar-refractivity contribution is 6.22. The second kappa shape index (κ2) is 13.3. The first-order valence-corrected chi connectivity index (χ1v) is 15.3. The molecule has 0 aromatic heterocycles. The standard InChI is InChI=1S/C39H29N.C4H8/c1-28-22-24-34-36(26-28)38(29-14-6-2-7-15-29)35-25-23-33(27-37(35)39(34)30-16-8-3-9-17-30)40(31-18-10-4-11-19-31)32-20-12-5-13-21-32;1-3-4-2/h2-27H,1H3;3-4H,1-2H3/b;4-3-. The number of fused-ring (bicyclic) bond motifs is 2. The largest absolute Gasteiger partial charge is 0.310 e. The van der Waals surface area contributed by atoms with Gasteiger partial charge in [0.15, 0.2) is 0 Å². The molecule has 0 aliphatic heterocycles. The summed E-state index contributed by atoms with van der Waals surface area (Å²) in [6, 6.07) is 56.7. The van der Waals surface area contributed by atoms with Gasteiger partial charge in [-0.15, -0.1) is 0 Å². The lowest BCUT2D eigenvalue weighted by atomic mass is 9.85. The summed E-state index contributed by atoms with van der Waals surface area (Å²) in [6.45, 7) is 6.18. The van der Waals surface area contributed by atoms with E-state index in [2.05, 4.69) is 170 Å². The van der Waals surface area contributed by atoms with Crippen LogP contribution in [0, 0.1) is 6.92 Å². The van der Waals surface area contributed by atoms with Crippen molar-refractivity contribution in [2.75, 3.05) is 4.90 Å². The smallest absolute Gasteiger partial charge is 0.0468 e. The molecule has 44 heavy (non-hydrogen) atoms. The van der Waals surface area contributed by atoms with Crippen molar-refractivity contribution in [1.82, 2.24) is 0 Å². The van der Waals surface area contributed by atoms with Crippen LogP contribution in [-0.4, -0.2) is 0 Å².